The molecule has 2 aromatic rings. The number of para-hydroxylation sites is 1. The number of aromatic nitrogens is 1. The van der Waals surface area contributed by atoms with Crippen LogP contribution in [0.4, 0.5) is 0 Å². The fourth-order valence-electron chi connectivity index (χ4n) is 3.74. The number of aromatic amines is 1. The smallest absolute Gasteiger partial charge is 0.224 e. The monoisotopic (exact) mass is 284 g/mol. The molecule has 3 heteroatoms. The standard InChI is InChI=1S/C18H24N2O/c1-3-13-8-9-16(12(13)2)20-18(21)10-14-11-19-17-7-5-4-6-15(14)17/h4-7,11-13,16,19H,3,8-10H2,1-2H3,(H,20,21). The van der Waals surface area contributed by atoms with Crippen LogP contribution in [0.5, 0.6) is 0 Å². The lowest BCUT2D eigenvalue weighted by molar-refractivity contribution is -0.121. The highest BCUT2D eigenvalue weighted by Crippen LogP contribution is 2.33. The van der Waals surface area contributed by atoms with Gasteiger partial charge in [0.05, 0.1) is 6.42 Å². The van der Waals surface area contributed by atoms with Crippen LogP contribution in [0.25, 0.3) is 10.9 Å². The van der Waals surface area contributed by atoms with E-state index in [1.807, 2.05) is 24.4 Å². The van der Waals surface area contributed by atoms with Crippen LogP contribution in [0, 0.1) is 11.8 Å². The SMILES string of the molecule is CCC1CCC(NC(=O)Cc2c[nH]c3ccccc23)C1C. The van der Waals surface area contributed by atoms with Gasteiger partial charge < -0.3 is 10.3 Å². The quantitative estimate of drug-likeness (QED) is 0.884. The summed E-state index contributed by atoms with van der Waals surface area (Å²) in [4.78, 5) is 15.6. The van der Waals surface area contributed by atoms with Gasteiger partial charge in [-0.15, -0.1) is 0 Å². The van der Waals surface area contributed by atoms with Crippen molar-refractivity contribution in [1.29, 1.82) is 0 Å². The van der Waals surface area contributed by atoms with Crippen LogP contribution in [-0.4, -0.2) is 16.9 Å². The Balaban J connectivity index is 1.64. The van der Waals surface area contributed by atoms with Crippen LogP contribution in [-0.2, 0) is 11.2 Å². The van der Waals surface area contributed by atoms with Crippen molar-refractivity contribution >= 4 is 16.8 Å². The van der Waals surface area contributed by atoms with Crippen molar-refractivity contribution in [3.8, 4) is 0 Å². The van der Waals surface area contributed by atoms with Gasteiger partial charge in [-0.05, 0) is 36.3 Å². The first-order valence-corrected chi connectivity index (χ1v) is 8.03. The van der Waals surface area contributed by atoms with Crippen molar-refractivity contribution in [3.63, 3.8) is 0 Å². The number of benzene rings is 1. The van der Waals surface area contributed by atoms with Gasteiger partial charge in [0, 0.05) is 23.1 Å². The van der Waals surface area contributed by atoms with Crippen molar-refractivity contribution in [2.24, 2.45) is 11.8 Å². The number of hydrogen-bond acceptors (Lipinski definition) is 1. The highest BCUT2D eigenvalue weighted by Gasteiger charge is 2.32. The molecule has 1 aliphatic rings. The topological polar surface area (TPSA) is 44.9 Å². The summed E-state index contributed by atoms with van der Waals surface area (Å²) in [6.07, 6.45) is 6.01. The lowest BCUT2D eigenvalue weighted by Gasteiger charge is -2.21. The molecule has 1 aromatic heterocycles. The highest BCUT2D eigenvalue weighted by molar-refractivity contribution is 5.88. The van der Waals surface area contributed by atoms with Crippen LogP contribution in [0.3, 0.4) is 0 Å². The van der Waals surface area contributed by atoms with E-state index >= 15 is 0 Å². The molecule has 1 saturated carbocycles. The third-order valence-electron chi connectivity index (χ3n) is 5.12. The summed E-state index contributed by atoms with van der Waals surface area (Å²) >= 11 is 0. The molecule has 3 unspecified atom stereocenters. The molecule has 112 valence electrons. The molecule has 21 heavy (non-hydrogen) atoms. The summed E-state index contributed by atoms with van der Waals surface area (Å²) < 4.78 is 0. The molecule has 3 nitrogen and oxygen atoms in total. The summed E-state index contributed by atoms with van der Waals surface area (Å²) in [5.41, 5.74) is 2.18. The third-order valence-corrected chi connectivity index (χ3v) is 5.12. The number of carbonyl (C=O) groups excluding carboxylic acids is 1. The van der Waals surface area contributed by atoms with Gasteiger partial charge in [0.2, 0.25) is 5.91 Å². The summed E-state index contributed by atoms with van der Waals surface area (Å²) in [5, 5.41) is 4.39. The molecule has 0 saturated heterocycles. The van der Waals surface area contributed by atoms with Gasteiger partial charge in [-0.25, -0.2) is 0 Å². The van der Waals surface area contributed by atoms with Crippen LogP contribution in [0.2, 0.25) is 0 Å². The zero-order valence-corrected chi connectivity index (χ0v) is 12.9. The summed E-state index contributed by atoms with van der Waals surface area (Å²) in [5.74, 6) is 1.51. The molecular weight excluding hydrogens is 260 g/mol. The lowest BCUT2D eigenvalue weighted by Crippen LogP contribution is -2.38. The first-order valence-electron chi connectivity index (χ1n) is 8.03. The van der Waals surface area contributed by atoms with Crippen molar-refractivity contribution in [2.75, 3.05) is 0 Å². The van der Waals surface area contributed by atoms with Crippen LogP contribution in [0.1, 0.15) is 38.7 Å². The largest absolute Gasteiger partial charge is 0.361 e. The average molecular weight is 284 g/mol. The molecule has 1 aromatic carbocycles. The molecule has 3 atom stereocenters. The number of hydrogen-bond donors (Lipinski definition) is 2. The summed E-state index contributed by atoms with van der Waals surface area (Å²) in [6.45, 7) is 4.52. The molecule has 1 amide bonds. The first-order chi connectivity index (χ1) is 10.2. The van der Waals surface area contributed by atoms with Gasteiger partial charge in [-0.3, -0.25) is 4.79 Å². The number of fused-ring (bicyclic) bond motifs is 1. The molecular formula is C18H24N2O. The van der Waals surface area contributed by atoms with Crippen LogP contribution in [0.15, 0.2) is 30.5 Å². The molecule has 0 aliphatic heterocycles. The Hall–Kier alpha value is -1.77. The first kappa shape index (κ1) is 14.2. The highest BCUT2D eigenvalue weighted by atomic mass is 16.1. The van der Waals surface area contributed by atoms with Gasteiger partial charge in [0.1, 0.15) is 0 Å². The second-order valence-electron chi connectivity index (χ2n) is 6.32. The fourth-order valence-corrected chi connectivity index (χ4v) is 3.74. The zero-order valence-electron chi connectivity index (χ0n) is 12.9. The maximum atomic E-state index is 12.3. The Bertz CT molecular complexity index is 631. The number of rotatable bonds is 4. The Labute approximate surface area is 126 Å². The third kappa shape index (κ3) is 2.82. The second kappa shape index (κ2) is 5.92. The minimum Gasteiger partial charge on any atom is -0.361 e. The van der Waals surface area contributed by atoms with E-state index < -0.39 is 0 Å². The molecule has 2 N–H and O–H groups in total. The molecule has 1 heterocycles. The lowest BCUT2D eigenvalue weighted by atomic mass is 9.93. The molecule has 0 bridgehead atoms. The van der Waals surface area contributed by atoms with E-state index in [0.717, 1.165) is 28.8 Å². The Kier molecular flexibility index (Phi) is 4.00. The summed E-state index contributed by atoms with van der Waals surface area (Å²) in [7, 11) is 0. The van der Waals surface area contributed by atoms with E-state index in [2.05, 4.69) is 30.2 Å². The minimum atomic E-state index is 0.147. The molecule has 0 radical (unpaired) electrons. The maximum absolute atomic E-state index is 12.3. The zero-order chi connectivity index (χ0) is 14.8. The van der Waals surface area contributed by atoms with E-state index in [-0.39, 0.29) is 5.91 Å². The predicted octanol–water partition coefficient (Wildman–Crippen LogP) is 3.65. The molecule has 0 spiro atoms. The van der Waals surface area contributed by atoms with Crippen molar-refractivity contribution in [1.82, 2.24) is 10.3 Å². The Morgan fingerprint density at radius 1 is 1.33 bits per heavy atom. The van der Waals surface area contributed by atoms with Gasteiger partial charge in [-0.2, -0.15) is 0 Å². The molecule has 1 aliphatic carbocycles. The van der Waals surface area contributed by atoms with Gasteiger partial charge in [0.15, 0.2) is 0 Å². The Morgan fingerprint density at radius 2 is 2.14 bits per heavy atom. The van der Waals surface area contributed by atoms with E-state index in [0.29, 0.717) is 18.4 Å². The summed E-state index contributed by atoms with van der Waals surface area (Å²) in [6, 6.07) is 8.49. The second-order valence-corrected chi connectivity index (χ2v) is 6.32. The number of H-pyrrole nitrogens is 1. The molecule has 3 rings (SSSR count). The fraction of sp³-hybridized carbons (Fsp3) is 0.500. The van der Waals surface area contributed by atoms with Crippen LogP contribution >= 0.6 is 0 Å². The van der Waals surface area contributed by atoms with Gasteiger partial charge >= 0.3 is 0 Å². The number of amides is 1. The maximum Gasteiger partial charge on any atom is 0.224 e. The predicted molar refractivity (Wildman–Crippen MR) is 86.1 cm³/mol. The normalized spacial score (nSPS) is 25.3. The van der Waals surface area contributed by atoms with Gasteiger partial charge in [0.25, 0.3) is 0 Å². The Morgan fingerprint density at radius 3 is 2.90 bits per heavy atom. The number of carbonyl (C=O) groups is 1. The van der Waals surface area contributed by atoms with E-state index in [9.17, 15) is 4.79 Å². The van der Waals surface area contributed by atoms with Crippen molar-refractivity contribution < 1.29 is 4.79 Å². The van der Waals surface area contributed by atoms with E-state index in [1.54, 1.807) is 0 Å². The van der Waals surface area contributed by atoms with Crippen molar-refractivity contribution in [3.05, 3.63) is 36.0 Å². The van der Waals surface area contributed by atoms with E-state index in [4.69, 9.17) is 0 Å². The van der Waals surface area contributed by atoms with Crippen molar-refractivity contribution in [2.45, 2.75) is 45.6 Å². The molecule has 1 fully saturated rings. The average Bonchev–Trinajstić information content (AvgIpc) is 3.04. The van der Waals surface area contributed by atoms with Crippen LogP contribution < -0.4 is 5.32 Å². The van der Waals surface area contributed by atoms with E-state index in [1.165, 1.54) is 12.8 Å². The van der Waals surface area contributed by atoms with Gasteiger partial charge in [-0.1, -0.05) is 38.5 Å². The number of nitrogens with one attached hydrogen (secondary N) is 2. The minimum absolute atomic E-state index is 0.147.